The number of piperidine rings is 1. The Hall–Kier alpha value is -2.18. The Morgan fingerprint density at radius 2 is 2.04 bits per heavy atom. The van der Waals surface area contributed by atoms with Gasteiger partial charge in [0.25, 0.3) is 0 Å². The molecule has 1 aliphatic rings. The van der Waals surface area contributed by atoms with Crippen LogP contribution >= 0.6 is 12.4 Å². The first-order valence-corrected chi connectivity index (χ1v) is 8.40. The summed E-state index contributed by atoms with van der Waals surface area (Å²) in [7, 11) is 1.94. The Morgan fingerprint density at radius 3 is 2.80 bits per heavy atom. The normalized spacial score (nSPS) is 17.2. The molecule has 0 aliphatic carbocycles. The summed E-state index contributed by atoms with van der Waals surface area (Å²) in [5, 5.41) is 3.49. The monoisotopic (exact) mass is 359 g/mol. The van der Waals surface area contributed by atoms with E-state index in [2.05, 4.69) is 20.3 Å². The van der Waals surface area contributed by atoms with Crippen molar-refractivity contribution in [1.29, 1.82) is 0 Å². The fraction of sp³-hybridized carbons (Fsp3) is 0.389. The van der Waals surface area contributed by atoms with Crippen molar-refractivity contribution >= 4 is 23.6 Å². The summed E-state index contributed by atoms with van der Waals surface area (Å²) in [6, 6.07) is 8.41. The summed E-state index contributed by atoms with van der Waals surface area (Å²) in [5.74, 6) is 1.56. The number of benzene rings is 1. The Balaban J connectivity index is 0.00000182. The van der Waals surface area contributed by atoms with E-state index in [1.54, 1.807) is 6.33 Å². The maximum atomic E-state index is 5.89. The third-order valence-electron chi connectivity index (χ3n) is 4.46. The Morgan fingerprint density at radius 1 is 1.20 bits per heavy atom. The van der Waals surface area contributed by atoms with Crippen LogP contribution in [0.15, 0.2) is 36.8 Å². The molecule has 132 valence electrons. The van der Waals surface area contributed by atoms with E-state index in [0.717, 1.165) is 30.0 Å². The molecule has 1 N–H and O–H groups in total. The largest absolute Gasteiger partial charge is 0.492 e. The average molecular weight is 360 g/mol. The standard InChI is InChI=1S/C18H21N5O.ClH/c1-23-12-21-18-16(23)10-20-17(22-18)13-5-7-15(8-6-13)24-11-14-4-2-3-9-19-14;/h5-8,10,12,14,19H,2-4,9,11H2,1H3;1H. The molecule has 1 unspecified atom stereocenters. The number of nitrogens with zero attached hydrogens (tertiary/aromatic N) is 4. The number of hydrogen-bond acceptors (Lipinski definition) is 5. The predicted octanol–water partition coefficient (Wildman–Crippen LogP) is 2.97. The highest BCUT2D eigenvalue weighted by molar-refractivity contribution is 5.85. The first-order valence-electron chi connectivity index (χ1n) is 8.40. The summed E-state index contributed by atoms with van der Waals surface area (Å²) < 4.78 is 7.80. The van der Waals surface area contributed by atoms with Crippen LogP contribution in [0.4, 0.5) is 0 Å². The third-order valence-corrected chi connectivity index (χ3v) is 4.46. The van der Waals surface area contributed by atoms with Crippen LogP contribution in [0.5, 0.6) is 5.75 Å². The highest BCUT2D eigenvalue weighted by Gasteiger charge is 2.13. The number of nitrogens with one attached hydrogen (secondary N) is 1. The molecule has 1 aromatic carbocycles. The lowest BCUT2D eigenvalue weighted by molar-refractivity contribution is 0.239. The maximum absolute atomic E-state index is 5.89. The number of imidazole rings is 1. The summed E-state index contributed by atoms with van der Waals surface area (Å²) in [4.78, 5) is 13.2. The van der Waals surface area contributed by atoms with Gasteiger partial charge in [0, 0.05) is 18.7 Å². The lowest BCUT2D eigenvalue weighted by atomic mass is 10.1. The Kier molecular flexibility index (Phi) is 5.50. The van der Waals surface area contributed by atoms with Gasteiger partial charge in [-0.3, -0.25) is 0 Å². The molecule has 0 radical (unpaired) electrons. The van der Waals surface area contributed by atoms with E-state index >= 15 is 0 Å². The fourth-order valence-electron chi connectivity index (χ4n) is 3.02. The number of hydrogen-bond donors (Lipinski definition) is 1. The molecule has 3 heterocycles. The fourth-order valence-corrected chi connectivity index (χ4v) is 3.02. The molecule has 7 heteroatoms. The molecule has 0 bridgehead atoms. The number of halogens is 1. The van der Waals surface area contributed by atoms with Gasteiger partial charge in [0.05, 0.1) is 12.5 Å². The second-order valence-electron chi connectivity index (χ2n) is 6.24. The molecule has 1 saturated heterocycles. The first-order chi connectivity index (χ1) is 11.8. The van der Waals surface area contributed by atoms with Gasteiger partial charge < -0.3 is 14.6 Å². The van der Waals surface area contributed by atoms with Crippen LogP contribution in [0.25, 0.3) is 22.6 Å². The van der Waals surface area contributed by atoms with Crippen molar-refractivity contribution in [1.82, 2.24) is 24.8 Å². The number of rotatable bonds is 4. The van der Waals surface area contributed by atoms with Gasteiger partial charge in [0.1, 0.15) is 17.9 Å². The molecule has 0 amide bonds. The van der Waals surface area contributed by atoms with E-state index in [0.29, 0.717) is 17.5 Å². The summed E-state index contributed by atoms with van der Waals surface area (Å²) in [6.45, 7) is 1.82. The van der Waals surface area contributed by atoms with Crippen LogP contribution in [0.3, 0.4) is 0 Å². The molecule has 6 nitrogen and oxygen atoms in total. The zero-order valence-corrected chi connectivity index (χ0v) is 15.0. The lowest BCUT2D eigenvalue weighted by Crippen LogP contribution is -2.38. The summed E-state index contributed by atoms with van der Waals surface area (Å²) >= 11 is 0. The molecule has 0 spiro atoms. The molecular weight excluding hydrogens is 338 g/mol. The molecular formula is C18H22ClN5O. The molecule has 25 heavy (non-hydrogen) atoms. The lowest BCUT2D eigenvalue weighted by Gasteiger charge is -2.23. The minimum absolute atomic E-state index is 0. The van der Waals surface area contributed by atoms with Crippen LogP contribution < -0.4 is 10.1 Å². The number of aromatic nitrogens is 4. The maximum Gasteiger partial charge on any atom is 0.181 e. The highest BCUT2D eigenvalue weighted by atomic mass is 35.5. The molecule has 4 rings (SSSR count). The van der Waals surface area contributed by atoms with Crippen molar-refractivity contribution in [2.75, 3.05) is 13.2 Å². The smallest absolute Gasteiger partial charge is 0.181 e. The predicted molar refractivity (Wildman–Crippen MR) is 100 cm³/mol. The second-order valence-corrected chi connectivity index (χ2v) is 6.24. The topological polar surface area (TPSA) is 64.9 Å². The van der Waals surface area contributed by atoms with Gasteiger partial charge in [-0.2, -0.15) is 0 Å². The van der Waals surface area contributed by atoms with Crippen LogP contribution in [0.2, 0.25) is 0 Å². The van der Waals surface area contributed by atoms with Gasteiger partial charge >= 0.3 is 0 Å². The second kappa shape index (κ2) is 7.80. The SMILES string of the molecule is Cl.Cn1cnc2nc(-c3ccc(OCC4CCCCN4)cc3)ncc21. The van der Waals surface area contributed by atoms with Crippen molar-refractivity contribution in [3.63, 3.8) is 0 Å². The zero-order chi connectivity index (χ0) is 16.4. The Labute approximate surface area is 153 Å². The first kappa shape index (κ1) is 17.6. The highest BCUT2D eigenvalue weighted by Crippen LogP contribution is 2.21. The van der Waals surface area contributed by atoms with Crippen molar-refractivity contribution < 1.29 is 4.74 Å². The minimum Gasteiger partial charge on any atom is -0.492 e. The van der Waals surface area contributed by atoms with Crippen LogP contribution in [-0.4, -0.2) is 38.7 Å². The van der Waals surface area contributed by atoms with Crippen molar-refractivity contribution in [3.8, 4) is 17.1 Å². The van der Waals surface area contributed by atoms with Gasteiger partial charge in [-0.15, -0.1) is 12.4 Å². The minimum atomic E-state index is 0. The average Bonchev–Trinajstić information content (AvgIpc) is 3.02. The molecule has 1 aliphatic heterocycles. The number of ether oxygens (including phenoxy) is 1. The third kappa shape index (κ3) is 3.91. The number of fused-ring (bicyclic) bond motifs is 1. The molecule has 2 aromatic heterocycles. The number of aryl methyl sites for hydroxylation is 1. The summed E-state index contributed by atoms with van der Waals surface area (Å²) in [6.07, 6.45) is 7.30. The van der Waals surface area contributed by atoms with Crippen molar-refractivity contribution in [2.45, 2.75) is 25.3 Å². The molecule has 0 saturated carbocycles. The molecule has 1 atom stereocenters. The van der Waals surface area contributed by atoms with Crippen molar-refractivity contribution in [2.24, 2.45) is 7.05 Å². The van der Waals surface area contributed by atoms with Gasteiger partial charge in [-0.05, 0) is 43.7 Å². The summed E-state index contributed by atoms with van der Waals surface area (Å²) in [5.41, 5.74) is 2.61. The van der Waals surface area contributed by atoms with E-state index in [-0.39, 0.29) is 12.4 Å². The van der Waals surface area contributed by atoms with E-state index in [1.807, 2.05) is 42.1 Å². The van der Waals surface area contributed by atoms with E-state index < -0.39 is 0 Å². The zero-order valence-electron chi connectivity index (χ0n) is 14.2. The van der Waals surface area contributed by atoms with Gasteiger partial charge in [-0.25, -0.2) is 15.0 Å². The van der Waals surface area contributed by atoms with Gasteiger partial charge in [0.2, 0.25) is 0 Å². The van der Waals surface area contributed by atoms with E-state index in [9.17, 15) is 0 Å². The van der Waals surface area contributed by atoms with Gasteiger partial charge in [0.15, 0.2) is 11.5 Å². The van der Waals surface area contributed by atoms with E-state index in [4.69, 9.17) is 4.74 Å². The van der Waals surface area contributed by atoms with E-state index in [1.165, 1.54) is 19.3 Å². The van der Waals surface area contributed by atoms with Crippen molar-refractivity contribution in [3.05, 3.63) is 36.8 Å². The van der Waals surface area contributed by atoms with Crippen LogP contribution in [0, 0.1) is 0 Å². The van der Waals surface area contributed by atoms with Crippen LogP contribution in [-0.2, 0) is 7.05 Å². The molecule has 3 aromatic rings. The Bertz CT molecular complexity index is 827. The molecule has 1 fully saturated rings. The van der Waals surface area contributed by atoms with Gasteiger partial charge in [-0.1, -0.05) is 6.42 Å². The van der Waals surface area contributed by atoms with Crippen LogP contribution in [0.1, 0.15) is 19.3 Å². The quantitative estimate of drug-likeness (QED) is 0.775.